The molecular formula is C33H35Cl2N5O. The van der Waals surface area contributed by atoms with Gasteiger partial charge in [0.1, 0.15) is 5.82 Å². The molecule has 1 aromatic heterocycles. The van der Waals surface area contributed by atoms with E-state index in [2.05, 4.69) is 27.2 Å². The summed E-state index contributed by atoms with van der Waals surface area (Å²) in [5, 5.41) is 5.41. The molecule has 0 bridgehead atoms. The second-order valence-electron chi connectivity index (χ2n) is 11.1. The van der Waals surface area contributed by atoms with Gasteiger partial charge in [0.2, 0.25) is 0 Å². The topological polar surface area (TPSA) is 74.5 Å². The molecule has 2 saturated heterocycles. The van der Waals surface area contributed by atoms with Crippen LogP contribution in [0, 0.1) is 0 Å². The highest BCUT2D eigenvalue weighted by molar-refractivity contribution is 6.42. The maximum absolute atomic E-state index is 14.3. The Morgan fingerprint density at radius 3 is 2.46 bits per heavy atom. The van der Waals surface area contributed by atoms with Crippen LogP contribution in [0.1, 0.15) is 41.6 Å². The number of carbonyl (C=O) groups is 1. The van der Waals surface area contributed by atoms with Crippen molar-refractivity contribution in [3.05, 3.63) is 87.9 Å². The number of hydrogen-bond acceptors (Lipinski definition) is 5. The molecule has 2 fully saturated rings. The molecule has 1 amide bonds. The van der Waals surface area contributed by atoms with Crippen molar-refractivity contribution < 1.29 is 4.79 Å². The van der Waals surface area contributed by atoms with Gasteiger partial charge in [0, 0.05) is 36.7 Å². The highest BCUT2D eigenvalue weighted by atomic mass is 35.5. The van der Waals surface area contributed by atoms with Crippen molar-refractivity contribution in [2.45, 2.75) is 38.1 Å². The quantitative estimate of drug-likeness (QED) is 0.214. The van der Waals surface area contributed by atoms with Crippen LogP contribution >= 0.6 is 23.2 Å². The van der Waals surface area contributed by atoms with Gasteiger partial charge in [-0.2, -0.15) is 0 Å². The van der Waals surface area contributed by atoms with Crippen molar-refractivity contribution >= 4 is 51.5 Å². The largest absolute Gasteiger partial charge is 0.399 e. The molecule has 4 aromatic rings. The van der Waals surface area contributed by atoms with Crippen molar-refractivity contribution in [1.29, 1.82) is 0 Å². The Hall–Kier alpha value is -3.32. The SMILES string of the molecule is Nc1ccc(-c2ccc3nc(NCCc4ccc(Cl)c(Cl)c4)cc(C(=O)N4CCC[C@H]4CN4CCCC4)c3c2)cc1. The number of halogens is 2. The summed E-state index contributed by atoms with van der Waals surface area (Å²) in [5.41, 5.74) is 11.3. The highest BCUT2D eigenvalue weighted by Crippen LogP contribution is 2.31. The summed E-state index contributed by atoms with van der Waals surface area (Å²) >= 11 is 12.3. The number of nitrogens with two attached hydrogens (primary N) is 1. The molecule has 1 atom stereocenters. The van der Waals surface area contributed by atoms with E-state index in [0.29, 0.717) is 28.0 Å². The fourth-order valence-electron chi connectivity index (χ4n) is 6.09. The lowest BCUT2D eigenvalue weighted by Crippen LogP contribution is -2.42. The summed E-state index contributed by atoms with van der Waals surface area (Å²) in [5.74, 6) is 0.775. The van der Waals surface area contributed by atoms with Crippen molar-refractivity contribution in [3.63, 3.8) is 0 Å². The van der Waals surface area contributed by atoms with Gasteiger partial charge < -0.3 is 20.9 Å². The van der Waals surface area contributed by atoms with Crippen LogP contribution in [-0.4, -0.2) is 59.5 Å². The molecule has 6 nitrogen and oxygen atoms in total. The van der Waals surface area contributed by atoms with Crippen molar-refractivity contribution in [2.24, 2.45) is 0 Å². The lowest BCUT2D eigenvalue weighted by molar-refractivity contribution is 0.0710. The van der Waals surface area contributed by atoms with Gasteiger partial charge in [0.25, 0.3) is 5.91 Å². The molecule has 0 saturated carbocycles. The van der Waals surface area contributed by atoms with E-state index in [4.69, 9.17) is 33.9 Å². The minimum Gasteiger partial charge on any atom is -0.399 e. The van der Waals surface area contributed by atoms with Crippen LogP contribution in [0.3, 0.4) is 0 Å². The zero-order valence-electron chi connectivity index (χ0n) is 23.1. The molecule has 8 heteroatoms. The lowest BCUT2D eigenvalue weighted by atomic mass is 9.99. The smallest absolute Gasteiger partial charge is 0.254 e. The third kappa shape index (κ3) is 6.30. The normalized spacial score (nSPS) is 17.4. The number of nitrogens with one attached hydrogen (secondary N) is 1. The molecule has 0 radical (unpaired) electrons. The standard InChI is InChI=1S/C33H35Cl2N5O/c34-29-11-5-22(18-30(29)35)13-14-37-32-20-28(33(41)40-17-3-4-26(40)21-39-15-1-2-16-39)27-19-24(8-12-31(27)38-32)23-6-9-25(36)10-7-23/h5-12,18-20,26H,1-4,13-17,21,36H2,(H,37,38)/t26-/m0/s1. The summed E-state index contributed by atoms with van der Waals surface area (Å²) in [6, 6.07) is 21.8. The summed E-state index contributed by atoms with van der Waals surface area (Å²) in [7, 11) is 0. The first kappa shape index (κ1) is 27.8. The third-order valence-electron chi connectivity index (χ3n) is 8.29. The number of hydrogen-bond donors (Lipinski definition) is 2. The first-order valence-corrected chi connectivity index (χ1v) is 15.2. The van der Waals surface area contributed by atoms with Gasteiger partial charge >= 0.3 is 0 Å². The van der Waals surface area contributed by atoms with Gasteiger partial charge in [-0.15, -0.1) is 0 Å². The number of nitrogens with zero attached hydrogens (tertiary/aromatic N) is 3. The maximum atomic E-state index is 14.3. The number of carbonyl (C=O) groups excluding carboxylic acids is 1. The molecule has 41 heavy (non-hydrogen) atoms. The van der Waals surface area contributed by atoms with E-state index in [1.165, 1.54) is 12.8 Å². The minimum atomic E-state index is 0.0843. The summed E-state index contributed by atoms with van der Waals surface area (Å²) < 4.78 is 0. The number of pyridine rings is 1. The molecule has 2 aliphatic heterocycles. The third-order valence-corrected chi connectivity index (χ3v) is 9.03. The Morgan fingerprint density at radius 2 is 1.68 bits per heavy atom. The Kier molecular flexibility index (Phi) is 8.33. The van der Waals surface area contributed by atoms with Crippen LogP contribution in [0.25, 0.3) is 22.0 Å². The molecule has 6 rings (SSSR count). The Labute approximate surface area is 251 Å². The lowest BCUT2D eigenvalue weighted by Gasteiger charge is -2.29. The van der Waals surface area contributed by atoms with Crippen LogP contribution in [0.5, 0.6) is 0 Å². The maximum Gasteiger partial charge on any atom is 0.254 e. The number of anilines is 2. The number of rotatable bonds is 8. The first-order valence-electron chi connectivity index (χ1n) is 14.5. The van der Waals surface area contributed by atoms with E-state index in [-0.39, 0.29) is 11.9 Å². The number of nitrogen functional groups attached to an aromatic ring is 1. The van der Waals surface area contributed by atoms with Gasteiger partial charge in [0.05, 0.1) is 21.1 Å². The van der Waals surface area contributed by atoms with E-state index >= 15 is 0 Å². The molecule has 0 spiro atoms. The van der Waals surface area contributed by atoms with Crippen LogP contribution in [-0.2, 0) is 6.42 Å². The highest BCUT2D eigenvalue weighted by Gasteiger charge is 2.32. The van der Waals surface area contributed by atoms with Crippen LogP contribution in [0.4, 0.5) is 11.5 Å². The fraction of sp³-hybridized carbons (Fsp3) is 0.333. The monoisotopic (exact) mass is 587 g/mol. The Bertz CT molecular complexity index is 1550. The van der Waals surface area contributed by atoms with Crippen molar-refractivity contribution in [3.8, 4) is 11.1 Å². The van der Waals surface area contributed by atoms with Crippen LogP contribution in [0.2, 0.25) is 10.0 Å². The average molecular weight is 589 g/mol. The zero-order valence-corrected chi connectivity index (χ0v) is 24.6. The summed E-state index contributed by atoms with van der Waals surface area (Å²) in [6.07, 6.45) is 5.34. The number of aromatic nitrogens is 1. The number of benzene rings is 3. The van der Waals surface area contributed by atoms with Gasteiger partial charge in [-0.3, -0.25) is 4.79 Å². The molecular weight excluding hydrogens is 553 g/mol. The number of fused-ring (bicyclic) bond motifs is 1. The Morgan fingerprint density at radius 1 is 0.902 bits per heavy atom. The number of amides is 1. The van der Waals surface area contributed by atoms with E-state index < -0.39 is 0 Å². The van der Waals surface area contributed by atoms with Gasteiger partial charge in [-0.1, -0.05) is 47.5 Å². The first-order chi connectivity index (χ1) is 19.9. The fourth-order valence-corrected chi connectivity index (χ4v) is 6.41. The van der Waals surface area contributed by atoms with E-state index in [9.17, 15) is 4.79 Å². The molecule has 3 heterocycles. The summed E-state index contributed by atoms with van der Waals surface area (Å²) in [6.45, 7) is 4.66. The zero-order chi connectivity index (χ0) is 28.3. The Balaban J connectivity index is 1.31. The second-order valence-corrected chi connectivity index (χ2v) is 12.0. The van der Waals surface area contributed by atoms with Crippen LogP contribution in [0.15, 0.2) is 66.7 Å². The predicted octanol–water partition coefficient (Wildman–Crippen LogP) is 7.15. The molecule has 0 aliphatic carbocycles. The van der Waals surface area contributed by atoms with Gasteiger partial charge in [-0.05, 0) is 104 Å². The molecule has 212 valence electrons. The molecule has 3 aromatic carbocycles. The van der Waals surface area contributed by atoms with E-state index in [0.717, 1.165) is 78.7 Å². The summed E-state index contributed by atoms with van der Waals surface area (Å²) in [4.78, 5) is 23.8. The second kappa shape index (κ2) is 12.3. The molecule has 0 unspecified atom stereocenters. The average Bonchev–Trinajstić information content (AvgIpc) is 3.67. The minimum absolute atomic E-state index is 0.0843. The van der Waals surface area contributed by atoms with Crippen molar-refractivity contribution in [2.75, 3.05) is 43.8 Å². The predicted molar refractivity (Wildman–Crippen MR) is 170 cm³/mol. The molecule has 3 N–H and O–H groups in total. The number of likely N-dealkylation sites (tertiary alicyclic amines) is 2. The van der Waals surface area contributed by atoms with Gasteiger partial charge in [-0.25, -0.2) is 4.98 Å². The van der Waals surface area contributed by atoms with E-state index in [1.807, 2.05) is 54.6 Å². The van der Waals surface area contributed by atoms with Crippen LogP contribution < -0.4 is 11.1 Å². The van der Waals surface area contributed by atoms with E-state index in [1.54, 1.807) is 0 Å². The van der Waals surface area contributed by atoms with Gasteiger partial charge in [0.15, 0.2) is 0 Å². The van der Waals surface area contributed by atoms with Crippen molar-refractivity contribution in [1.82, 2.24) is 14.8 Å². The molecule has 2 aliphatic rings.